The Labute approximate surface area is 85.4 Å². The van der Waals surface area contributed by atoms with Crippen molar-refractivity contribution in [1.82, 2.24) is 5.43 Å². The van der Waals surface area contributed by atoms with Gasteiger partial charge in [0.15, 0.2) is 0 Å². The Hall–Kier alpha value is -0.420. The lowest BCUT2D eigenvalue weighted by Crippen LogP contribution is -2.56. The quantitative estimate of drug-likeness (QED) is 0.387. The summed E-state index contributed by atoms with van der Waals surface area (Å²) >= 11 is 0. The third-order valence-corrected chi connectivity index (χ3v) is 2.98. The fourth-order valence-electron chi connectivity index (χ4n) is 2.01. The van der Waals surface area contributed by atoms with E-state index < -0.39 is 0 Å². The zero-order valence-corrected chi connectivity index (χ0v) is 8.79. The molecule has 3 N–H and O–H groups in total. The maximum absolute atomic E-state index is 5.61. The first-order chi connectivity index (χ1) is 6.79. The number of ether oxygens (including phenoxy) is 2. The van der Waals surface area contributed by atoms with E-state index in [1.165, 1.54) is 0 Å². The van der Waals surface area contributed by atoms with E-state index in [0.29, 0.717) is 0 Å². The molecular formula is C10H20N2O2. The molecule has 0 aliphatic carbocycles. The summed E-state index contributed by atoms with van der Waals surface area (Å²) in [5.74, 6) is 5.53. The van der Waals surface area contributed by atoms with Gasteiger partial charge < -0.3 is 9.47 Å². The van der Waals surface area contributed by atoms with Crippen LogP contribution in [0, 0.1) is 0 Å². The molecule has 1 aliphatic rings. The van der Waals surface area contributed by atoms with Crippen LogP contribution in [0.25, 0.3) is 0 Å². The van der Waals surface area contributed by atoms with Crippen LogP contribution < -0.4 is 11.3 Å². The van der Waals surface area contributed by atoms with E-state index in [1.54, 1.807) is 7.11 Å². The zero-order chi connectivity index (χ0) is 10.4. The molecule has 0 amide bonds. The first-order valence-corrected chi connectivity index (χ1v) is 4.99. The molecule has 0 aromatic heterocycles. The number of nitrogens with one attached hydrogen (secondary N) is 1. The number of hydrogen-bond donors (Lipinski definition) is 2. The van der Waals surface area contributed by atoms with E-state index in [9.17, 15) is 0 Å². The monoisotopic (exact) mass is 200 g/mol. The molecule has 0 radical (unpaired) electrons. The number of hydrazine groups is 1. The molecule has 1 heterocycles. The average Bonchev–Trinajstić information content (AvgIpc) is 2.27. The molecule has 1 atom stereocenters. The molecule has 0 bridgehead atoms. The molecular weight excluding hydrogens is 180 g/mol. The minimum Gasteiger partial charge on any atom is -0.381 e. The van der Waals surface area contributed by atoms with Crippen molar-refractivity contribution in [2.24, 2.45) is 5.84 Å². The molecule has 14 heavy (non-hydrogen) atoms. The highest BCUT2D eigenvalue weighted by molar-refractivity contribution is 4.96. The lowest BCUT2D eigenvalue weighted by molar-refractivity contribution is -0.109. The summed E-state index contributed by atoms with van der Waals surface area (Å²) in [5.41, 5.74) is 2.62. The van der Waals surface area contributed by atoms with Crippen LogP contribution in [0.1, 0.15) is 19.3 Å². The smallest absolute Gasteiger partial charge is 0.0891 e. The van der Waals surface area contributed by atoms with Crippen molar-refractivity contribution in [2.45, 2.75) is 30.9 Å². The van der Waals surface area contributed by atoms with Crippen molar-refractivity contribution >= 4 is 0 Å². The lowest BCUT2D eigenvalue weighted by atomic mass is 9.84. The van der Waals surface area contributed by atoms with Gasteiger partial charge in [-0.1, -0.05) is 6.08 Å². The molecule has 4 nitrogen and oxygen atoms in total. The topological polar surface area (TPSA) is 56.5 Å². The van der Waals surface area contributed by atoms with Crippen LogP contribution in [0.4, 0.5) is 0 Å². The summed E-state index contributed by atoms with van der Waals surface area (Å²) in [6.45, 7) is 5.20. The van der Waals surface area contributed by atoms with Gasteiger partial charge >= 0.3 is 0 Å². The van der Waals surface area contributed by atoms with E-state index in [2.05, 4.69) is 12.0 Å². The molecule has 0 saturated carbocycles. The maximum atomic E-state index is 5.61. The normalized spacial score (nSPS) is 23.0. The van der Waals surface area contributed by atoms with E-state index in [4.69, 9.17) is 15.3 Å². The Bertz CT molecular complexity index is 179. The van der Waals surface area contributed by atoms with Crippen LogP contribution in [0.3, 0.4) is 0 Å². The lowest BCUT2D eigenvalue weighted by Gasteiger charge is -2.41. The van der Waals surface area contributed by atoms with E-state index in [-0.39, 0.29) is 11.6 Å². The van der Waals surface area contributed by atoms with Crippen molar-refractivity contribution in [2.75, 3.05) is 20.3 Å². The minimum atomic E-state index is -0.193. The van der Waals surface area contributed by atoms with Crippen LogP contribution in [0.2, 0.25) is 0 Å². The predicted molar refractivity (Wildman–Crippen MR) is 55.7 cm³/mol. The van der Waals surface area contributed by atoms with Gasteiger partial charge in [-0.2, -0.15) is 0 Å². The zero-order valence-electron chi connectivity index (χ0n) is 8.79. The molecule has 1 unspecified atom stereocenters. The molecule has 1 aliphatic heterocycles. The first-order valence-electron chi connectivity index (χ1n) is 4.99. The molecule has 1 fully saturated rings. The highest BCUT2D eigenvalue weighted by Gasteiger charge is 2.39. The van der Waals surface area contributed by atoms with Crippen molar-refractivity contribution in [3.8, 4) is 0 Å². The molecule has 82 valence electrons. The van der Waals surface area contributed by atoms with Crippen molar-refractivity contribution in [3.05, 3.63) is 12.7 Å². The van der Waals surface area contributed by atoms with Crippen LogP contribution in [-0.2, 0) is 9.47 Å². The summed E-state index contributed by atoms with van der Waals surface area (Å²) in [6, 6.07) is 0.119. The van der Waals surface area contributed by atoms with Crippen LogP contribution in [0.15, 0.2) is 12.7 Å². The second-order valence-electron chi connectivity index (χ2n) is 3.62. The average molecular weight is 200 g/mol. The third-order valence-electron chi connectivity index (χ3n) is 2.98. The fourth-order valence-corrected chi connectivity index (χ4v) is 2.01. The predicted octanol–water partition coefficient (Wildman–Crippen LogP) is 0.590. The van der Waals surface area contributed by atoms with Gasteiger partial charge in [-0.05, 0) is 6.42 Å². The summed E-state index contributed by atoms with van der Waals surface area (Å²) in [6.07, 6.45) is 4.43. The van der Waals surface area contributed by atoms with Gasteiger partial charge in [-0.3, -0.25) is 11.3 Å². The van der Waals surface area contributed by atoms with Gasteiger partial charge in [0.25, 0.3) is 0 Å². The SMILES string of the molecule is C=CCC(NN)C1(OC)CCOCC1. The van der Waals surface area contributed by atoms with Gasteiger partial charge in [0.05, 0.1) is 11.6 Å². The van der Waals surface area contributed by atoms with E-state index in [0.717, 1.165) is 32.5 Å². The molecule has 4 heteroatoms. The Morgan fingerprint density at radius 2 is 2.29 bits per heavy atom. The van der Waals surface area contributed by atoms with Gasteiger partial charge in [0.1, 0.15) is 0 Å². The van der Waals surface area contributed by atoms with E-state index >= 15 is 0 Å². The van der Waals surface area contributed by atoms with Crippen molar-refractivity contribution in [1.29, 1.82) is 0 Å². The summed E-state index contributed by atoms with van der Waals surface area (Å²) < 4.78 is 10.9. The highest BCUT2D eigenvalue weighted by Crippen LogP contribution is 2.29. The Balaban J connectivity index is 2.68. The number of nitrogens with two attached hydrogens (primary N) is 1. The Morgan fingerprint density at radius 3 is 2.71 bits per heavy atom. The number of hydrogen-bond acceptors (Lipinski definition) is 4. The molecule has 0 aromatic carbocycles. The Kier molecular flexibility index (Phi) is 4.54. The standard InChI is InChI=1S/C10H20N2O2/c1-3-4-9(12-11)10(13-2)5-7-14-8-6-10/h3,9,12H,1,4-8,11H2,2H3. The van der Waals surface area contributed by atoms with Gasteiger partial charge in [-0.25, -0.2) is 0 Å². The first kappa shape index (κ1) is 11.7. The molecule has 1 saturated heterocycles. The Morgan fingerprint density at radius 1 is 1.64 bits per heavy atom. The third kappa shape index (κ3) is 2.33. The summed E-state index contributed by atoms with van der Waals surface area (Å²) in [7, 11) is 1.73. The van der Waals surface area contributed by atoms with Crippen LogP contribution in [-0.4, -0.2) is 32.0 Å². The highest BCUT2D eigenvalue weighted by atomic mass is 16.5. The fraction of sp³-hybridized carbons (Fsp3) is 0.800. The second-order valence-corrected chi connectivity index (χ2v) is 3.62. The second kappa shape index (κ2) is 5.46. The molecule has 1 rings (SSSR count). The number of rotatable bonds is 5. The van der Waals surface area contributed by atoms with Crippen molar-refractivity contribution in [3.63, 3.8) is 0 Å². The van der Waals surface area contributed by atoms with Gasteiger partial charge in [0, 0.05) is 33.2 Å². The van der Waals surface area contributed by atoms with Crippen molar-refractivity contribution < 1.29 is 9.47 Å². The van der Waals surface area contributed by atoms with Gasteiger partial charge in [0.2, 0.25) is 0 Å². The summed E-state index contributed by atoms with van der Waals surface area (Å²) in [4.78, 5) is 0. The van der Waals surface area contributed by atoms with Crippen LogP contribution in [0.5, 0.6) is 0 Å². The summed E-state index contributed by atoms with van der Waals surface area (Å²) in [5, 5.41) is 0. The van der Waals surface area contributed by atoms with Gasteiger partial charge in [-0.15, -0.1) is 6.58 Å². The van der Waals surface area contributed by atoms with E-state index in [1.807, 2.05) is 6.08 Å². The molecule has 0 spiro atoms. The number of methoxy groups -OCH3 is 1. The molecule has 0 aromatic rings. The largest absolute Gasteiger partial charge is 0.381 e. The van der Waals surface area contributed by atoms with Crippen LogP contribution >= 0.6 is 0 Å². The maximum Gasteiger partial charge on any atom is 0.0891 e. The minimum absolute atomic E-state index is 0.119.